The van der Waals surface area contributed by atoms with Gasteiger partial charge in [-0.1, -0.05) is 48.5 Å². The second kappa shape index (κ2) is 10.7. The molecule has 0 bridgehead atoms. The average Bonchev–Trinajstić information content (AvgIpc) is 2.92. The Morgan fingerprint density at radius 3 is 1.72 bits per heavy atom. The molecule has 0 fully saturated rings. The predicted molar refractivity (Wildman–Crippen MR) is 131 cm³/mol. The predicted octanol–water partition coefficient (Wildman–Crippen LogP) is 4.58. The second-order valence-corrected chi connectivity index (χ2v) is 7.80. The molecule has 0 aliphatic carbocycles. The first-order valence-corrected chi connectivity index (χ1v) is 10.9. The van der Waals surface area contributed by atoms with Crippen LogP contribution in [0.25, 0.3) is 32.7 Å². The highest BCUT2D eigenvalue weighted by molar-refractivity contribution is 6.18. The van der Waals surface area contributed by atoms with Crippen molar-refractivity contribution in [3.8, 4) is 11.1 Å². The van der Waals surface area contributed by atoms with Crippen LogP contribution < -0.4 is 0 Å². The van der Waals surface area contributed by atoms with Crippen molar-refractivity contribution in [1.82, 2.24) is 0 Å². The van der Waals surface area contributed by atoms with Crippen LogP contribution in [0, 0.1) is 0 Å². The topological polar surface area (TPSA) is 105 Å². The van der Waals surface area contributed by atoms with E-state index in [0.29, 0.717) is 23.7 Å². The minimum Gasteiger partial charge on any atom is -0.465 e. The van der Waals surface area contributed by atoms with E-state index >= 15 is 0 Å². The van der Waals surface area contributed by atoms with E-state index in [2.05, 4.69) is 0 Å². The van der Waals surface area contributed by atoms with Gasteiger partial charge in [0.15, 0.2) is 0 Å². The van der Waals surface area contributed by atoms with E-state index in [1.165, 1.54) is 14.2 Å². The number of ether oxygens (including phenoxy) is 4. The van der Waals surface area contributed by atoms with E-state index in [4.69, 9.17) is 18.9 Å². The summed E-state index contributed by atoms with van der Waals surface area (Å²) in [4.78, 5) is 46.9. The lowest BCUT2D eigenvalue weighted by Gasteiger charge is -2.17. The van der Waals surface area contributed by atoms with Crippen molar-refractivity contribution < 1.29 is 38.1 Å². The Bertz CT molecular complexity index is 1450. The lowest BCUT2D eigenvalue weighted by atomic mass is 9.88. The summed E-state index contributed by atoms with van der Waals surface area (Å²) in [5.74, 6) is -1.16. The molecule has 0 heterocycles. The number of rotatable bonds is 9. The Labute approximate surface area is 206 Å². The quantitative estimate of drug-likeness (QED) is 0.192. The molecule has 182 valence electrons. The zero-order chi connectivity index (χ0) is 25.7. The summed E-state index contributed by atoms with van der Waals surface area (Å²) in [6.45, 7) is 0.815. The minimum absolute atomic E-state index is 0.0346. The van der Waals surface area contributed by atoms with Crippen LogP contribution in [-0.4, -0.2) is 39.1 Å². The van der Waals surface area contributed by atoms with Crippen LogP contribution in [0.5, 0.6) is 0 Å². The van der Waals surface area contributed by atoms with E-state index in [0.717, 1.165) is 33.0 Å². The van der Waals surface area contributed by atoms with E-state index in [9.17, 15) is 19.2 Å². The highest BCUT2D eigenvalue weighted by Gasteiger charge is 2.22. The monoisotopic (exact) mass is 486 g/mol. The van der Waals surface area contributed by atoms with Crippen LogP contribution in [-0.2, 0) is 41.8 Å². The number of hydrogen-bond donors (Lipinski definition) is 0. The van der Waals surface area contributed by atoms with Crippen molar-refractivity contribution >= 4 is 46.4 Å². The van der Waals surface area contributed by atoms with Crippen LogP contribution in [0.2, 0.25) is 0 Å². The first-order chi connectivity index (χ1) is 17.5. The molecule has 8 heteroatoms. The number of hydrogen-bond acceptors (Lipinski definition) is 8. The molecule has 0 unspecified atom stereocenters. The fourth-order valence-electron chi connectivity index (χ4n) is 4.49. The summed E-state index contributed by atoms with van der Waals surface area (Å²) in [6, 6.07) is 17.8. The highest BCUT2D eigenvalue weighted by atomic mass is 16.5. The third-order valence-electron chi connectivity index (χ3n) is 5.97. The standard InChI is InChI=1S/C28H22O8/c1-33-27(31)23-8-4-7-22-20(11-12-24(26(22)23)28(32)34-2)19-10-9-18(14-36-16-30)25-17(13-35-15-29)5-3-6-21(19)25/h3-12,15-16H,13-14H2,1-2H3. The van der Waals surface area contributed by atoms with Gasteiger partial charge in [-0.3, -0.25) is 9.59 Å². The van der Waals surface area contributed by atoms with Crippen molar-refractivity contribution in [3.63, 3.8) is 0 Å². The zero-order valence-corrected chi connectivity index (χ0v) is 19.6. The summed E-state index contributed by atoms with van der Waals surface area (Å²) in [5, 5.41) is 2.64. The van der Waals surface area contributed by atoms with Crippen LogP contribution in [0.3, 0.4) is 0 Å². The van der Waals surface area contributed by atoms with Crippen LogP contribution in [0.1, 0.15) is 31.8 Å². The van der Waals surface area contributed by atoms with E-state index < -0.39 is 11.9 Å². The van der Waals surface area contributed by atoms with Gasteiger partial charge < -0.3 is 18.9 Å². The molecule has 4 aromatic carbocycles. The summed E-state index contributed by atoms with van der Waals surface area (Å²) in [5.41, 5.74) is 3.49. The average molecular weight is 486 g/mol. The van der Waals surface area contributed by atoms with Crippen molar-refractivity contribution in [1.29, 1.82) is 0 Å². The highest BCUT2D eigenvalue weighted by Crippen LogP contribution is 2.39. The normalized spacial score (nSPS) is 10.6. The zero-order valence-electron chi connectivity index (χ0n) is 19.6. The van der Waals surface area contributed by atoms with E-state index in [1.807, 2.05) is 36.4 Å². The Morgan fingerprint density at radius 2 is 1.14 bits per heavy atom. The van der Waals surface area contributed by atoms with E-state index in [-0.39, 0.29) is 24.3 Å². The van der Waals surface area contributed by atoms with Gasteiger partial charge in [0.1, 0.15) is 13.2 Å². The third-order valence-corrected chi connectivity index (χ3v) is 5.97. The van der Waals surface area contributed by atoms with Gasteiger partial charge >= 0.3 is 11.9 Å². The molecular weight excluding hydrogens is 464 g/mol. The summed E-state index contributed by atoms with van der Waals surface area (Å²) in [6.07, 6.45) is 0. The molecule has 36 heavy (non-hydrogen) atoms. The maximum absolute atomic E-state index is 12.6. The molecule has 0 saturated heterocycles. The first-order valence-electron chi connectivity index (χ1n) is 10.9. The molecule has 0 saturated carbocycles. The molecule has 0 spiro atoms. The summed E-state index contributed by atoms with van der Waals surface area (Å²) >= 11 is 0. The summed E-state index contributed by atoms with van der Waals surface area (Å²) < 4.78 is 20.0. The van der Waals surface area contributed by atoms with Gasteiger partial charge in [0.25, 0.3) is 12.9 Å². The first kappa shape index (κ1) is 24.4. The molecular formula is C28H22O8. The molecule has 8 nitrogen and oxygen atoms in total. The van der Waals surface area contributed by atoms with Crippen LogP contribution >= 0.6 is 0 Å². The molecule has 0 aliphatic heterocycles. The molecule has 0 amide bonds. The van der Waals surface area contributed by atoms with Gasteiger partial charge in [-0.25, -0.2) is 9.59 Å². The number of carbonyl (C=O) groups excluding carboxylic acids is 4. The van der Waals surface area contributed by atoms with Crippen molar-refractivity contribution in [2.24, 2.45) is 0 Å². The molecule has 4 aromatic rings. The Balaban J connectivity index is 2.07. The smallest absolute Gasteiger partial charge is 0.338 e. The number of benzene rings is 4. The number of esters is 2. The van der Waals surface area contributed by atoms with E-state index in [1.54, 1.807) is 24.3 Å². The lowest BCUT2D eigenvalue weighted by molar-refractivity contribution is -0.130. The lowest BCUT2D eigenvalue weighted by Crippen LogP contribution is -2.08. The molecule has 0 aromatic heterocycles. The molecule has 4 rings (SSSR count). The molecule has 0 radical (unpaired) electrons. The van der Waals surface area contributed by atoms with Crippen molar-refractivity contribution in [2.45, 2.75) is 13.2 Å². The van der Waals surface area contributed by atoms with Gasteiger partial charge in [0.05, 0.1) is 25.3 Å². The van der Waals surface area contributed by atoms with Crippen molar-refractivity contribution in [2.75, 3.05) is 14.2 Å². The molecule has 0 aliphatic rings. The fraction of sp³-hybridized carbons (Fsp3) is 0.143. The largest absolute Gasteiger partial charge is 0.465 e. The summed E-state index contributed by atoms with van der Waals surface area (Å²) in [7, 11) is 2.55. The van der Waals surface area contributed by atoms with Gasteiger partial charge in [-0.2, -0.15) is 0 Å². The SMILES string of the molecule is COC(=O)c1cccc2c(-c3ccc(COC=O)c4c(COC=O)cccc34)ccc(C(=O)OC)c12. The Hall–Kier alpha value is -4.72. The van der Waals surface area contributed by atoms with Crippen LogP contribution in [0.4, 0.5) is 0 Å². The number of fused-ring (bicyclic) bond motifs is 2. The van der Waals surface area contributed by atoms with Crippen molar-refractivity contribution in [3.05, 3.63) is 82.9 Å². The molecule has 0 N–H and O–H groups in total. The fourth-order valence-corrected chi connectivity index (χ4v) is 4.49. The Morgan fingerprint density at radius 1 is 0.639 bits per heavy atom. The Kier molecular flexibility index (Phi) is 7.25. The maximum Gasteiger partial charge on any atom is 0.338 e. The number of carbonyl (C=O) groups is 4. The minimum atomic E-state index is -0.581. The van der Waals surface area contributed by atoms with Gasteiger partial charge in [0.2, 0.25) is 0 Å². The number of methoxy groups -OCH3 is 2. The maximum atomic E-state index is 12.6. The van der Waals surface area contributed by atoms with Gasteiger partial charge in [0, 0.05) is 5.39 Å². The van der Waals surface area contributed by atoms with Gasteiger partial charge in [-0.15, -0.1) is 0 Å². The second-order valence-electron chi connectivity index (χ2n) is 7.80. The van der Waals surface area contributed by atoms with Gasteiger partial charge in [-0.05, 0) is 50.5 Å². The third kappa shape index (κ3) is 4.36. The van der Waals surface area contributed by atoms with Crippen LogP contribution in [0.15, 0.2) is 60.7 Å². The molecule has 0 atom stereocenters.